The first-order valence-corrected chi connectivity index (χ1v) is 5.00. The molecule has 0 radical (unpaired) electrons. The maximum atomic E-state index is 9.52. The van der Waals surface area contributed by atoms with Crippen molar-refractivity contribution in [2.24, 2.45) is 0 Å². The molecule has 0 spiro atoms. The third kappa shape index (κ3) is 1.55. The molecule has 1 aliphatic rings. The SMILES string of the molecule is CC(O)C(C)c1cnc2n1CCOC2. The number of hydrogen-bond donors (Lipinski definition) is 1. The van der Waals surface area contributed by atoms with Crippen molar-refractivity contribution in [1.29, 1.82) is 0 Å². The molecular formula is C10H16N2O2. The molecule has 2 rings (SSSR count). The molecule has 14 heavy (non-hydrogen) atoms. The van der Waals surface area contributed by atoms with Gasteiger partial charge >= 0.3 is 0 Å². The molecule has 2 unspecified atom stereocenters. The summed E-state index contributed by atoms with van der Waals surface area (Å²) in [5.41, 5.74) is 1.11. The summed E-state index contributed by atoms with van der Waals surface area (Å²) >= 11 is 0. The van der Waals surface area contributed by atoms with Gasteiger partial charge in [-0.25, -0.2) is 4.98 Å². The highest BCUT2D eigenvalue weighted by Gasteiger charge is 2.20. The van der Waals surface area contributed by atoms with Gasteiger partial charge in [-0.1, -0.05) is 6.92 Å². The Bertz CT molecular complexity index is 320. The summed E-state index contributed by atoms with van der Waals surface area (Å²) in [6, 6.07) is 0. The molecule has 1 aromatic rings. The predicted molar refractivity (Wildman–Crippen MR) is 52.0 cm³/mol. The van der Waals surface area contributed by atoms with E-state index in [9.17, 15) is 5.11 Å². The van der Waals surface area contributed by atoms with E-state index in [1.165, 1.54) is 0 Å². The Kier molecular flexibility index (Phi) is 2.56. The fourth-order valence-corrected chi connectivity index (χ4v) is 1.73. The molecule has 1 aliphatic heterocycles. The van der Waals surface area contributed by atoms with Crippen molar-refractivity contribution in [3.63, 3.8) is 0 Å². The lowest BCUT2D eigenvalue weighted by Crippen LogP contribution is -2.22. The number of imidazole rings is 1. The average Bonchev–Trinajstić information content (AvgIpc) is 2.60. The average molecular weight is 196 g/mol. The summed E-state index contributed by atoms with van der Waals surface area (Å²) in [4.78, 5) is 4.29. The number of rotatable bonds is 2. The molecule has 0 amide bonds. The van der Waals surface area contributed by atoms with Crippen LogP contribution in [-0.2, 0) is 17.9 Å². The highest BCUT2D eigenvalue weighted by atomic mass is 16.5. The summed E-state index contributed by atoms with van der Waals surface area (Å²) in [6.07, 6.45) is 1.51. The third-order valence-corrected chi connectivity index (χ3v) is 2.85. The van der Waals surface area contributed by atoms with Gasteiger partial charge in [0.15, 0.2) is 0 Å². The van der Waals surface area contributed by atoms with Gasteiger partial charge in [-0.2, -0.15) is 0 Å². The number of hydrogen-bond acceptors (Lipinski definition) is 3. The van der Waals surface area contributed by atoms with E-state index >= 15 is 0 Å². The van der Waals surface area contributed by atoms with Crippen LogP contribution >= 0.6 is 0 Å². The van der Waals surface area contributed by atoms with Crippen molar-refractivity contribution < 1.29 is 9.84 Å². The minimum atomic E-state index is -0.335. The number of nitrogens with zero attached hydrogens (tertiary/aromatic N) is 2. The monoisotopic (exact) mass is 196 g/mol. The molecule has 0 aromatic carbocycles. The van der Waals surface area contributed by atoms with Crippen LogP contribution in [0.2, 0.25) is 0 Å². The van der Waals surface area contributed by atoms with Gasteiger partial charge in [-0.15, -0.1) is 0 Å². The Balaban J connectivity index is 2.30. The molecule has 0 bridgehead atoms. The van der Waals surface area contributed by atoms with E-state index < -0.39 is 0 Å². The lowest BCUT2D eigenvalue weighted by Gasteiger charge is -2.21. The first-order valence-electron chi connectivity index (χ1n) is 5.00. The molecule has 2 heterocycles. The zero-order valence-electron chi connectivity index (χ0n) is 8.60. The van der Waals surface area contributed by atoms with Crippen LogP contribution in [0.3, 0.4) is 0 Å². The Labute approximate surface area is 83.5 Å². The Hall–Kier alpha value is -0.870. The highest BCUT2D eigenvalue weighted by molar-refractivity contribution is 5.12. The van der Waals surface area contributed by atoms with Crippen LogP contribution in [0.15, 0.2) is 6.20 Å². The Morgan fingerprint density at radius 3 is 3.07 bits per heavy atom. The quantitative estimate of drug-likeness (QED) is 0.764. The molecule has 78 valence electrons. The molecule has 1 aromatic heterocycles. The maximum absolute atomic E-state index is 9.52. The van der Waals surface area contributed by atoms with Gasteiger partial charge in [0.05, 0.1) is 12.7 Å². The van der Waals surface area contributed by atoms with E-state index in [0.29, 0.717) is 6.61 Å². The summed E-state index contributed by atoms with van der Waals surface area (Å²) in [6.45, 7) is 6.01. The van der Waals surface area contributed by atoms with E-state index in [1.54, 1.807) is 0 Å². The maximum Gasteiger partial charge on any atom is 0.135 e. The summed E-state index contributed by atoms with van der Waals surface area (Å²) in [5.74, 6) is 1.10. The zero-order valence-corrected chi connectivity index (χ0v) is 8.60. The number of aliphatic hydroxyl groups excluding tert-OH is 1. The summed E-state index contributed by atoms with van der Waals surface area (Å²) in [5, 5.41) is 9.52. The van der Waals surface area contributed by atoms with Crippen molar-refractivity contribution in [2.45, 2.75) is 39.0 Å². The largest absolute Gasteiger partial charge is 0.393 e. The number of ether oxygens (including phenoxy) is 1. The molecule has 4 heteroatoms. The van der Waals surface area contributed by atoms with E-state index in [1.807, 2.05) is 20.0 Å². The smallest absolute Gasteiger partial charge is 0.135 e. The minimum Gasteiger partial charge on any atom is -0.393 e. The van der Waals surface area contributed by atoms with Crippen molar-refractivity contribution in [1.82, 2.24) is 9.55 Å². The van der Waals surface area contributed by atoms with Crippen molar-refractivity contribution >= 4 is 0 Å². The fraction of sp³-hybridized carbons (Fsp3) is 0.700. The van der Waals surface area contributed by atoms with Crippen LogP contribution in [0, 0.1) is 0 Å². The molecule has 0 aliphatic carbocycles. The van der Waals surface area contributed by atoms with Crippen molar-refractivity contribution in [2.75, 3.05) is 6.61 Å². The molecular weight excluding hydrogens is 180 g/mol. The van der Waals surface area contributed by atoms with Crippen LogP contribution in [-0.4, -0.2) is 27.4 Å². The van der Waals surface area contributed by atoms with Crippen LogP contribution in [0.4, 0.5) is 0 Å². The Morgan fingerprint density at radius 2 is 2.36 bits per heavy atom. The molecule has 0 saturated carbocycles. The fourth-order valence-electron chi connectivity index (χ4n) is 1.73. The lowest BCUT2D eigenvalue weighted by atomic mass is 10.0. The molecule has 2 atom stereocenters. The van der Waals surface area contributed by atoms with Crippen LogP contribution < -0.4 is 0 Å². The standard InChI is InChI=1S/C10H16N2O2/c1-7(8(2)13)9-5-11-10-6-14-4-3-12(9)10/h5,7-8,13H,3-4,6H2,1-2H3. The predicted octanol–water partition coefficient (Wildman–Crippen LogP) is 0.898. The molecule has 0 saturated heterocycles. The first-order chi connectivity index (χ1) is 6.70. The van der Waals surface area contributed by atoms with Crippen LogP contribution in [0.1, 0.15) is 31.3 Å². The number of fused-ring (bicyclic) bond motifs is 1. The van der Waals surface area contributed by atoms with Gasteiger partial charge in [0.1, 0.15) is 12.4 Å². The van der Waals surface area contributed by atoms with E-state index in [0.717, 1.165) is 24.7 Å². The van der Waals surface area contributed by atoms with E-state index in [4.69, 9.17) is 4.74 Å². The van der Waals surface area contributed by atoms with Gasteiger partial charge in [0.25, 0.3) is 0 Å². The number of aliphatic hydroxyl groups is 1. The topological polar surface area (TPSA) is 47.3 Å². The van der Waals surface area contributed by atoms with Crippen molar-refractivity contribution in [3.8, 4) is 0 Å². The summed E-state index contributed by atoms with van der Waals surface area (Å²) in [7, 11) is 0. The summed E-state index contributed by atoms with van der Waals surface area (Å²) < 4.78 is 7.46. The van der Waals surface area contributed by atoms with E-state index in [-0.39, 0.29) is 12.0 Å². The van der Waals surface area contributed by atoms with Gasteiger partial charge in [-0.3, -0.25) is 0 Å². The minimum absolute atomic E-state index is 0.134. The first kappa shape index (κ1) is 9.68. The second kappa shape index (κ2) is 3.71. The Morgan fingerprint density at radius 1 is 1.57 bits per heavy atom. The molecule has 1 N–H and O–H groups in total. The van der Waals surface area contributed by atoms with Crippen molar-refractivity contribution in [3.05, 3.63) is 17.7 Å². The van der Waals surface area contributed by atoms with Crippen LogP contribution in [0.25, 0.3) is 0 Å². The van der Waals surface area contributed by atoms with E-state index in [2.05, 4.69) is 9.55 Å². The van der Waals surface area contributed by atoms with Gasteiger partial charge in [0.2, 0.25) is 0 Å². The number of aromatic nitrogens is 2. The van der Waals surface area contributed by atoms with Crippen LogP contribution in [0.5, 0.6) is 0 Å². The molecule has 4 nitrogen and oxygen atoms in total. The van der Waals surface area contributed by atoms with Gasteiger partial charge in [-0.05, 0) is 6.92 Å². The normalized spacial score (nSPS) is 20.2. The van der Waals surface area contributed by atoms with Gasteiger partial charge < -0.3 is 14.4 Å². The second-order valence-electron chi connectivity index (χ2n) is 3.83. The second-order valence-corrected chi connectivity index (χ2v) is 3.83. The highest BCUT2D eigenvalue weighted by Crippen LogP contribution is 2.22. The molecule has 0 fully saturated rings. The third-order valence-electron chi connectivity index (χ3n) is 2.85. The zero-order chi connectivity index (χ0) is 10.1. The lowest BCUT2D eigenvalue weighted by molar-refractivity contribution is 0.0786. The van der Waals surface area contributed by atoms with Gasteiger partial charge in [0, 0.05) is 24.4 Å².